The lowest BCUT2D eigenvalue weighted by molar-refractivity contribution is 0.809. The second-order valence-corrected chi connectivity index (χ2v) is 4.53. The molecule has 3 nitrogen and oxygen atoms in total. The average molecular weight is 280 g/mol. The van der Waals surface area contributed by atoms with Gasteiger partial charge in [0, 0.05) is 10.5 Å². The summed E-state index contributed by atoms with van der Waals surface area (Å²) in [6.45, 7) is 2.13. The molecule has 0 atom stereocenters. The van der Waals surface area contributed by atoms with Gasteiger partial charge >= 0.3 is 0 Å². The molecule has 0 spiro atoms. The summed E-state index contributed by atoms with van der Waals surface area (Å²) in [5.74, 6) is 0.676. The third-order valence-corrected chi connectivity index (χ3v) is 3.04. The Bertz CT molecular complexity index is 491. The molecule has 2 aromatic rings. The Morgan fingerprint density at radius 1 is 1.38 bits per heavy atom. The Hall–Kier alpha value is -1.29. The van der Waals surface area contributed by atoms with E-state index in [1.54, 1.807) is 4.68 Å². The van der Waals surface area contributed by atoms with Gasteiger partial charge in [-0.05, 0) is 34.5 Å². The van der Waals surface area contributed by atoms with Crippen LogP contribution in [0.4, 0.5) is 5.82 Å². The highest BCUT2D eigenvalue weighted by molar-refractivity contribution is 9.10. The maximum atomic E-state index is 5.95. The summed E-state index contributed by atoms with van der Waals surface area (Å²) < 4.78 is 2.77. The van der Waals surface area contributed by atoms with Gasteiger partial charge in [-0.1, -0.05) is 25.5 Å². The van der Waals surface area contributed by atoms with E-state index in [-0.39, 0.29) is 0 Å². The smallest absolute Gasteiger partial charge is 0.127 e. The number of halogens is 1. The van der Waals surface area contributed by atoms with E-state index in [4.69, 9.17) is 5.73 Å². The van der Waals surface area contributed by atoms with E-state index in [9.17, 15) is 0 Å². The van der Waals surface area contributed by atoms with Gasteiger partial charge in [-0.25, -0.2) is 4.68 Å². The Labute approximate surface area is 103 Å². The van der Waals surface area contributed by atoms with Crippen molar-refractivity contribution in [2.45, 2.75) is 19.8 Å². The third-order valence-electron chi connectivity index (χ3n) is 2.37. The largest absolute Gasteiger partial charge is 0.384 e. The number of para-hydroxylation sites is 1. The van der Waals surface area contributed by atoms with Crippen LogP contribution in [0.1, 0.15) is 19.0 Å². The summed E-state index contributed by atoms with van der Waals surface area (Å²) >= 11 is 3.50. The zero-order chi connectivity index (χ0) is 11.5. The summed E-state index contributed by atoms with van der Waals surface area (Å²) in [6.07, 6.45) is 2.04. The third kappa shape index (κ3) is 2.11. The molecule has 1 heterocycles. The van der Waals surface area contributed by atoms with Crippen LogP contribution >= 0.6 is 15.9 Å². The first kappa shape index (κ1) is 11.2. The number of nitrogens with two attached hydrogens (primary N) is 1. The molecule has 0 saturated heterocycles. The van der Waals surface area contributed by atoms with Crippen LogP contribution in [-0.4, -0.2) is 9.78 Å². The molecule has 2 rings (SSSR count). The number of aryl methyl sites for hydroxylation is 1. The number of hydrogen-bond donors (Lipinski definition) is 1. The minimum absolute atomic E-state index is 0.676. The van der Waals surface area contributed by atoms with Crippen molar-refractivity contribution in [1.29, 1.82) is 0 Å². The Morgan fingerprint density at radius 3 is 2.81 bits per heavy atom. The number of nitrogens with zero attached hydrogens (tertiary/aromatic N) is 2. The van der Waals surface area contributed by atoms with E-state index < -0.39 is 0 Å². The van der Waals surface area contributed by atoms with Gasteiger partial charge < -0.3 is 5.73 Å². The average Bonchev–Trinajstić information content (AvgIpc) is 2.61. The SMILES string of the molecule is CCCc1cc(N)n(-c2ccccc2Br)n1. The van der Waals surface area contributed by atoms with Crippen molar-refractivity contribution < 1.29 is 0 Å². The standard InChI is InChI=1S/C12H14BrN3/c1-2-5-9-8-12(14)16(15-9)11-7-4-3-6-10(11)13/h3-4,6-8H,2,5,14H2,1H3. The normalized spacial score (nSPS) is 10.6. The fraction of sp³-hybridized carbons (Fsp3) is 0.250. The topological polar surface area (TPSA) is 43.8 Å². The van der Waals surface area contributed by atoms with Crippen molar-refractivity contribution >= 4 is 21.7 Å². The Balaban J connectivity index is 2.44. The molecule has 0 aliphatic heterocycles. The van der Waals surface area contributed by atoms with E-state index in [1.807, 2.05) is 30.3 Å². The molecule has 0 unspecified atom stereocenters. The molecule has 16 heavy (non-hydrogen) atoms. The Kier molecular flexibility index (Phi) is 3.29. The van der Waals surface area contributed by atoms with Crippen LogP contribution in [0.25, 0.3) is 5.69 Å². The van der Waals surface area contributed by atoms with Gasteiger partial charge in [0.05, 0.1) is 11.4 Å². The van der Waals surface area contributed by atoms with Gasteiger partial charge in [-0.15, -0.1) is 0 Å². The number of benzene rings is 1. The number of rotatable bonds is 3. The first-order chi connectivity index (χ1) is 7.72. The highest BCUT2D eigenvalue weighted by Crippen LogP contribution is 2.23. The molecule has 0 aliphatic rings. The van der Waals surface area contributed by atoms with Crippen LogP contribution in [0.5, 0.6) is 0 Å². The molecular weight excluding hydrogens is 266 g/mol. The molecular formula is C12H14BrN3. The van der Waals surface area contributed by atoms with Gasteiger partial charge in [-0.2, -0.15) is 5.10 Å². The number of hydrogen-bond acceptors (Lipinski definition) is 2. The van der Waals surface area contributed by atoms with Crippen molar-refractivity contribution in [3.63, 3.8) is 0 Å². The molecule has 0 saturated carbocycles. The molecule has 0 amide bonds. The lowest BCUT2D eigenvalue weighted by Gasteiger charge is -2.05. The quantitative estimate of drug-likeness (QED) is 0.938. The van der Waals surface area contributed by atoms with E-state index in [0.717, 1.165) is 28.7 Å². The van der Waals surface area contributed by atoms with Crippen molar-refractivity contribution in [2.24, 2.45) is 0 Å². The monoisotopic (exact) mass is 279 g/mol. The molecule has 0 radical (unpaired) electrons. The van der Waals surface area contributed by atoms with Crippen LogP contribution in [-0.2, 0) is 6.42 Å². The van der Waals surface area contributed by atoms with E-state index >= 15 is 0 Å². The maximum Gasteiger partial charge on any atom is 0.127 e. The molecule has 1 aromatic heterocycles. The van der Waals surface area contributed by atoms with Gasteiger partial charge in [0.1, 0.15) is 5.82 Å². The van der Waals surface area contributed by atoms with Crippen LogP contribution in [0, 0.1) is 0 Å². The van der Waals surface area contributed by atoms with Gasteiger partial charge in [0.15, 0.2) is 0 Å². The van der Waals surface area contributed by atoms with Crippen LogP contribution in [0.2, 0.25) is 0 Å². The van der Waals surface area contributed by atoms with Gasteiger partial charge in [0.2, 0.25) is 0 Å². The van der Waals surface area contributed by atoms with Crippen LogP contribution in [0.3, 0.4) is 0 Å². The van der Waals surface area contributed by atoms with Crippen molar-refractivity contribution in [2.75, 3.05) is 5.73 Å². The Morgan fingerprint density at radius 2 is 2.12 bits per heavy atom. The minimum atomic E-state index is 0.676. The van der Waals surface area contributed by atoms with Gasteiger partial charge in [-0.3, -0.25) is 0 Å². The fourth-order valence-electron chi connectivity index (χ4n) is 1.64. The molecule has 84 valence electrons. The lowest BCUT2D eigenvalue weighted by Crippen LogP contribution is -2.02. The van der Waals surface area contributed by atoms with Crippen LogP contribution < -0.4 is 5.73 Å². The van der Waals surface area contributed by atoms with Crippen LogP contribution in [0.15, 0.2) is 34.8 Å². The summed E-state index contributed by atoms with van der Waals surface area (Å²) in [5.41, 5.74) is 7.96. The molecule has 0 aliphatic carbocycles. The lowest BCUT2D eigenvalue weighted by atomic mass is 10.2. The van der Waals surface area contributed by atoms with Crippen molar-refractivity contribution in [3.8, 4) is 5.69 Å². The summed E-state index contributed by atoms with van der Waals surface area (Å²) in [5, 5.41) is 4.49. The number of anilines is 1. The van der Waals surface area contributed by atoms with E-state index in [0.29, 0.717) is 5.82 Å². The highest BCUT2D eigenvalue weighted by atomic mass is 79.9. The van der Waals surface area contributed by atoms with E-state index in [1.165, 1.54) is 0 Å². The molecule has 2 N–H and O–H groups in total. The fourth-order valence-corrected chi connectivity index (χ4v) is 2.09. The zero-order valence-corrected chi connectivity index (χ0v) is 10.7. The molecule has 0 bridgehead atoms. The maximum absolute atomic E-state index is 5.95. The van der Waals surface area contributed by atoms with Gasteiger partial charge in [0.25, 0.3) is 0 Å². The summed E-state index contributed by atoms with van der Waals surface area (Å²) in [4.78, 5) is 0. The first-order valence-electron chi connectivity index (χ1n) is 5.31. The minimum Gasteiger partial charge on any atom is -0.384 e. The summed E-state index contributed by atoms with van der Waals surface area (Å²) in [7, 11) is 0. The molecule has 4 heteroatoms. The van der Waals surface area contributed by atoms with E-state index in [2.05, 4.69) is 28.0 Å². The molecule has 0 fully saturated rings. The number of aromatic nitrogens is 2. The highest BCUT2D eigenvalue weighted by Gasteiger charge is 2.08. The number of nitrogen functional groups attached to an aromatic ring is 1. The second-order valence-electron chi connectivity index (χ2n) is 3.67. The predicted octanol–water partition coefficient (Wildman–Crippen LogP) is 3.17. The second kappa shape index (κ2) is 4.70. The first-order valence-corrected chi connectivity index (χ1v) is 6.11. The summed E-state index contributed by atoms with van der Waals surface area (Å²) in [6, 6.07) is 9.85. The zero-order valence-electron chi connectivity index (χ0n) is 9.15. The molecule has 1 aromatic carbocycles. The van der Waals surface area contributed by atoms with Crippen molar-refractivity contribution in [1.82, 2.24) is 9.78 Å². The van der Waals surface area contributed by atoms with Crippen molar-refractivity contribution in [3.05, 3.63) is 40.5 Å². The predicted molar refractivity (Wildman–Crippen MR) is 69.7 cm³/mol.